The minimum absolute atomic E-state index is 0. The van der Waals surface area contributed by atoms with Crippen molar-refractivity contribution in [2.24, 2.45) is 0 Å². The van der Waals surface area contributed by atoms with E-state index in [9.17, 15) is 0 Å². The molecule has 1 atom stereocenters. The smallest absolute Gasteiger partial charge is 0.0165 e. The standard InChI is InChI=1S/C12H17.H3N/c1-3-8-11(4-2)12-9-6-5-7-10-12;/h5-7,9-11H,1,3-4,8H2,2H3;1H3. The summed E-state index contributed by atoms with van der Waals surface area (Å²) in [7, 11) is 0. The Balaban J connectivity index is 0.00000144. The van der Waals surface area contributed by atoms with E-state index in [4.69, 9.17) is 0 Å². The van der Waals surface area contributed by atoms with Gasteiger partial charge in [-0.1, -0.05) is 50.6 Å². The van der Waals surface area contributed by atoms with Crippen molar-refractivity contribution < 1.29 is 0 Å². The summed E-state index contributed by atoms with van der Waals surface area (Å²) in [5.41, 5.74) is 1.46. The lowest BCUT2D eigenvalue weighted by Gasteiger charge is -2.13. The van der Waals surface area contributed by atoms with E-state index in [0.717, 1.165) is 6.42 Å². The minimum atomic E-state index is 0. The molecule has 3 N–H and O–H groups in total. The molecule has 1 aromatic rings. The van der Waals surface area contributed by atoms with E-state index in [0.29, 0.717) is 5.92 Å². The van der Waals surface area contributed by atoms with Crippen molar-refractivity contribution in [3.8, 4) is 0 Å². The van der Waals surface area contributed by atoms with E-state index in [1.54, 1.807) is 0 Å². The molecule has 1 heteroatoms. The van der Waals surface area contributed by atoms with Crippen LogP contribution in [0.5, 0.6) is 0 Å². The van der Waals surface area contributed by atoms with Gasteiger partial charge in [0, 0.05) is 0 Å². The van der Waals surface area contributed by atoms with Crippen molar-refractivity contribution in [2.45, 2.75) is 32.1 Å². The molecule has 0 spiro atoms. The number of benzene rings is 1. The summed E-state index contributed by atoms with van der Waals surface area (Å²) in [5.74, 6) is 0.712. The van der Waals surface area contributed by atoms with Gasteiger partial charge in [-0.3, -0.25) is 0 Å². The van der Waals surface area contributed by atoms with E-state index in [2.05, 4.69) is 44.2 Å². The number of hydrogen-bond acceptors (Lipinski definition) is 1. The van der Waals surface area contributed by atoms with Crippen LogP contribution in [0, 0.1) is 6.92 Å². The van der Waals surface area contributed by atoms with Gasteiger partial charge >= 0.3 is 0 Å². The van der Waals surface area contributed by atoms with Gasteiger partial charge in [0.25, 0.3) is 0 Å². The average molecular weight is 178 g/mol. The number of hydrogen-bond donors (Lipinski definition) is 1. The van der Waals surface area contributed by atoms with Gasteiger partial charge in [-0.25, -0.2) is 0 Å². The summed E-state index contributed by atoms with van der Waals surface area (Å²) >= 11 is 0. The molecule has 0 bridgehead atoms. The van der Waals surface area contributed by atoms with E-state index in [1.165, 1.54) is 18.4 Å². The third-order valence-electron chi connectivity index (χ3n) is 2.32. The van der Waals surface area contributed by atoms with E-state index < -0.39 is 0 Å². The summed E-state index contributed by atoms with van der Waals surface area (Å²) in [6.07, 6.45) is 3.47. The Morgan fingerprint density at radius 3 is 2.31 bits per heavy atom. The maximum Gasteiger partial charge on any atom is -0.0165 e. The molecule has 0 saturated heterocycles. The molecule has 1 nitrogen and oxygen atoms in total. The van der Waals surface area contributed by atoms with Gasteiger partial charge in [-0.2, -0.15) is 0 Å². The monoisotopic (exact) mass is 178 g/mol. The first-order valence-electron chi connectivity index (χ1n) is 4.72. The molecule has 1 aromatic carbocycles. The van der Waals surface area contributed by atoms with Crippen LogP contribution >= 0.6 is 0 Å². The van der Waals surface area contributed by atoms with Crippen molar-refractivity contribution >= 4 is 0 Å². The molecule has 0 aliphatic heterocycles. The summed E-state index contributed by atoms with van der Waals surface area (Å²) in [6, 6.07) is 10.7. The topological polar surface area (TPSA) is 35.0 Å². The van der Waals surface area contributed by atoms with Crippen molar-refractivity contribution in [3.05, 3.63) is 42.8 Å². The van der Waals surface area contributed by atoms with Crippen LogP contribution in [0.2, 0.25) is 0 Å². The van der Waals surface area contributed by atoms with Crippen LogP contribution in [0.15, 0.2) is 30.3 Å². The van der Waals surface area contributed by atoms with Crippen LogP contribution in [-0.4, -0.2) is 0 Å². The van der Waals surface area contributed by atoms with Gasteiger partial charge in [0.15, 0.2) is 0 Å². The second-order valence-electron chi connectivity index (χ2n) is 3.16. The van der Waals surface area contributed by atoms with Gasteiger partial charge in [0.1, 0.15) is 0 Å². The lowest BCUT2D eigenvalue weighted by Crippen LogP contribution is -1.95. The first-order chi connectivity index (χ1) is 5.88. The van der Waals surface area contributed by atoms with E-state index >= 15 is 0 Å². The Morgan fingerprint density at radius 2 is 1.85 bits per heavy atom. The molecule has 1 unspecified atom stereocenters. The molecule has 1 rings (SSSR count). The Morgan fingerprint density at radius 1 is 1.23 bits per heavy atom. The van der Waals surface area contributed by atoms with E-state index in [-0.39, 0.29) is 6.15 Å². The highest BCUT2D eigenvalue weighted by atomic mass is 14.1. The quantitative estimate of drug-likeness (QED) is 0.744. The third-order valence-corrected chi connectivity index (χ3v) is 2.32. The predicted molar refractivity (Wildman–Crippen MR) is 59.1 cm³/mol. The lowest BCUT2D eigenvalue weighted by molar-refractivity contribution is 0.612. The molecule has 1 radical (unpaired) electrons. The fourth-order valence-corrected chi connectivity index (χ4v) is 1.58. The van der Waals surface area contributed by atoms with Gasteiger partial charge < -0.3 is 6.15 Å². The number of rotatable bonds is 4. The van der Waals surface area contributed by atoms with Gasteiger partial charge in [0.2, 0.25) is 0 Å². The minimum Gasteiger partial charge on any atom is -0.344 e. The van der Waals surface area contributed by atoms with Crippen LogP contribution in [0.3, 0.4) is 0 Å². The Hall–Kier alpha value is -0.820. The van der Waals surface area contributed by atoms with Crippen LogP contribution in [0.1, 0.15) is 37.7 Å². The first-order valence-corrected chi connectivity index (χ1v) is 4.72. The maximum atomic E-state index is 3.90. The van der Waals surface area contributed by atoms with Crippen LogP contribution in [-0.2, 0) is 0 Å². The Labute approximate surface area is 81.8 Å². The SMILES string of the molecule is N.[CH2]CCC(CC)c1ccccc1. The molecular formula is C12H20N. The largest absolute Gasteiger partial charge is 0.344 e. The third kappa shape index (κ3) is 3.60. The molecule has 0 aliphatic rings. The zero-order valence-electron chi connectivity index (χ0n) is 8.50. The molecule has 0 aromatic heterocycles. The fraction of sp³-hybridized carbons (Fsp3) is 0.417. The second kappa shape index (κ2) is 6.67. The summed E-state index contributed by atoms with van der Waals surface area (Å²) in [5, 5.41) is 0. The molecule has 0 saturated carbocycles. The summed E-state index contributed by atoms with van der Waals surface area (Å²) in [4.78, 5) is 0. The Kier molecular flexibility index (Phi) is 6.25. The van der Waals surface area contributed by atoms with Gasteiger partial charge in [-0.05, 0) is 24.3 Å². The molecule has 0 aliphatic carbocycles. The summed E-state index contributed by atoms with van der Waals surface area (Å²) < 4.78 is 0. The average Bonchev–Trinajstić information content (AvgIpc) is 2.15. The van der Waals surface area contributed by atoms with Crippen molar-refractivity contribution in [2.75, 3.05) is 0 Å². The lowest BCUT2D eigenvalue weighted by atomic mass is 9.92. The maximum absolute atomic E-state index is 3.90. The first kappa shape index (κ1) is 12.2. The van der Waals surface area contributed by atoms with Gasteiger partial charge in [-0.15, -0.1) is 0 Å². The fourth-order valence-electron chi connectivity index (χ4n) is 1.58. The van der Waals surface area contributed by atoms with Crippen molar-refractivity contribution in [1.29, 1.82) is 0 Å². The van der Waals surface area contributed by atoms with Crippen LogP contribution in [0.4, 0.5) is 0 Å². The highest BCUT2D eigenvalue weighted by Crippen LogP contribution is 2.23. The van der Waals surface area contributed by atoms with Gasteiger partial charge in [0.05, 0.1) is 0 Å². The normalized spacial score (nSPS) is 11.8. The molecule has 13 heavy (non-hydrogen) atoms. The molecule has 0 amide bonds. The highest BCUT2D eigenvalue weighted by molar-refractivity contribution is 5.19. The predicted octanol–water partition coefficient (Wildman–Crippen LogP) is 3.96. The molecular weight excluding hydrogens is 158 g/mol. The molecule has 73 valence electrons. The molecule has 0 fully saturated rings. The van der Waals surface area contributed by atoms with Crippen molar-refractivity contribution in [1.82, 2.24) is 6.15 Å². The van der Waals surface area contributed by atoms with Crippen LogP contribution < -0.4 is 6.15 Å². The zero-order valence-corrected chi connectivity index (χ0v) is 8.50. The Bertz CT molecular complexity index is 206. The summed E-state index contributed by atoms with van der Waals surface area (Å²) in [6.45, 7) is 6.14. The van der Waals surface area contributed by atoms with E-state index in [1.807, 2.05) is 0 Å². The second-order valence-corrected chi connectivity index (χ2v) is 3.16. The zero-order chi connectivity index (χ0) is 8.81. The van der Waals surface area contributed by atoms with Crippen LogP contribution in [0.25, 0.3) is 0 Å². The highest BCUT2D eigenvalue weighted by Gasteiger charge is 2.06. The van der Waals surface area contributed by atoms with Crippen molar-refractivity contribution in [3.63, 3.8) is 0 Å². The molecule has 0 heterocycles.